The number of hydrogen-bond acceptors (Lipinski definition) is 4. The Bertz CT molecular complexity index is 1210. The van der Waals surface area contributed by atoms with E-state index in [0.717, 1.165) is 16.8 Å². The smallest absolute Gasteiger partial charge is 0.257 e. The van der Waals surface area contributed by atoms with Crippen molar-refractivity contribution in [2.24, 2.45) is 5.92 Å². The van der Waals surface area contributed by atoms with Gasteiger partial charge in [0.25, 0.3) is 5.91 Å². The van der Waals surface area contributed by atoms with Crippen molar-refractivity contribution in [2.45, 2.75) is 26.7 Å². The highest BCUT2D eigenvalue weighted by Gasteiger charge is 2.32. The van der Waals surface area contributed by atoms with E-state index >= 15 is 0 Å². The molecule has 7 nitrogen and oxygen atoms in total. The Balaban J connectivity index is 1.38. The molecule has 0 bridgehead atoms. The Morgan fingerprint density at radius 1 is 0.886 bits per heavy atom. The van der Waals surface area contributed by atoms with Gasteiger partial charge in [-0.1, -0.05) is 30.3 Å². The minimum Gasteiger partial charge on any atom is -0.378 e. The normalized spacial score (nSPS) is 17.0. The van der Waals surface area contributed by atoms with Crippen LogP contribution in [0.25, 0.3) is 16.9 Å². The number of aryl methyl sites for hydroxylation is 2. The number of amides is 2. The first-order valence-corrected chi connectivity index (χ1v) is 12.4. The molecule has 0 unspecified atom stereocenters. The maximum atomic E-state index is 13.7. The predicted octanol–water partition coefficient (Wildman–Crippen LogP) is 3.87. The van der Waals surface area contributed by atoms with E-state index in [1.807, 2.05) is 52.4 Å². The third-order valence-electron chi connectivity index (χ3n) is 7.20. The molecule has 3 heterocycles. The Hall–Kier alpha value is -3.45. The Morgan fingerprint density at radius 3 is 2.29 bits per heavy atom. The molecule has 2 fully saturated rings. The van der Waals surface area contributed by atoms with Crippen molar-refractivity contribution >= 4 is 11.8 Å². The van der Waals surface area contributed by atoms with Crippen LogP contribution in [0.3, 0.4) is 0 Å². The zero-order valence-corrected chi connectivity index (χ0v) is 20.4. The van der Waals surface area contributed by atoms with Crippen LogP contribution in [0.1, 0.15) is 34.3 Å². The first-order chi connectivity index (χ1) is 17.0. The van der Waals surface area contributed by atoms with Crippen LogP contribution in [0.5, 0.6) is 0 Å². The highest BCUT2D eigenvalue weighted by atomic mass is 16.5. The Kier molecular flexibility index (Phi) is 6.68. The summed E-state index contributed by atoms with van der Waals surface area (Å²) in [5.74, 6) is 0.147. The molecular formula is C28H32N4O3. The molecule has 2 saturated heterocycles. The zero-order valence-electron chi connectivity index (χ0n) is 20.4. The van der Waals surface area contributed by atoms with Crippen LogP contribution in [0.2, 0.25) is 0 Å². The van der Waals surface area contributed by atoms with Gasteiger partial charge in [-0.2, -0.15) is 5.10 Å². The molecule has 0 aliphatic carbocycles. The molecule has 3 aromatic rings. The van der Waals surface area contributed by atoms with Crippen LogP contribution in [-0.2, 0) is 9.53 Å². The summed E-state index contributed by atoms with van der Waals surface area (Å²) in [6.07, 6.45) is 3.22. The molecule has 35 heavy (non-hydrogen) atoms. The number of benzene rings is 2. The highest BCUT2D eigenvalue weighted by Crippen LogP contribution is 2.29. The quantitative estimate of drug-likeness (QED) is 0.578. The van der Waals surface area contributed by atoms with E-state index in [1.165, 1.54) is 5.56 Å². The summed E-state index contributed by atoms with van der Waals surface area (Å²) in [5.41, 5.74) is 5.49. The van der Waals surface area contributed by atoms with Gasteiger partial charge in [0.2, 0.25) is 5.91 Å². The van der Waals surface area contributed by atoms with E-state index in [-0.39, 0.29) is 17.7 Å². The number of piperidine rings is 1. The topological polar surface area (TPSA) is 67.7 Å². The lowest BCUT2D eigenvalue weighted by molar-refractivity contribution is -0.141. The lowest BCUT2D eigenvalue weighted by Gasteiger charge is -2.35. The summed E-state index contributed by atoms with van der Waals surface area (Å²) < 4.78 is 7.16. The van der Waals surface area contributed by atoms with Crippen molar-refractivity contribution in [3.05, 3.63) is 71.4 Å². The molecule has 0 N–H and O–H groups in total. The van der Waals surface area contributed by atoms with Gasteiger partial charge in [0.15, 0.2) is 0 Å². The third-order valence-corrected chi connectivity index (χ3v) is 7.20. The molecule has 2 aromatic carbocycles. The highest BCUT2D eigenvalue weighted by molar-refractivity contribution is 6.00. The largest absolute Gasteiger partial charge is 0.378 e. The summed E-state index contributed by atoms with van der Waals surface area (Å²) in [6, 6.07) is 16.0. The summed E-state index contributed by atoms with van der Waals surface area (Å²) in [6.45, 7) is 7.84. The van der Waals surface area contributed by atoms with E-state index in [9.17, 15) is 9.59 Å². The number of aromatic nitrogens is 2. The van der Waals surface area contributed by atoms with Crippen LogP contribution in [0.15, 0.2) is 54.7 Å². The van der Waals surface area contributed by atoms with Gasteiger partial charge in [0.1, 0.15) is 5.69 Å². The van der Waals surface area contributed by atoms with Crippen LogP contribution in [0, 0.1) is 19.8 Å². The Labute approximate surface area is 206 Å². The minimum atomic E-state index is -0.0299. The number of carbonyl (C=O) groups excluding carboxylic acids is 2. The summed E-state index contributed by atoms with van der Waals surface area (Å²) in [4.78, 5) is 30.4. The molecule has 0 saturated carbocycles. The second-order valence-electron chi connectivity index (χ2n) is 9.47. The molecule has 0 atom stereocenters. The van der Waals surface area contributed by atoms with Crippen molar-refractivity contribution in [1.82, 2.24) is 19.6 Å². The van der Waals surface area contributed by atoms with E-state index in [0.29, 0.717) is 63.5 Å². The fraction of sp³-hybridized carbons (Fsp3) is 0.393. The van der Waals surface area contributed by atoms with Gasteiger partial charge in [-0.05, 0) is 56.0 Å². The van der Waals surface area contributed by atoms with Crippen LogP contribution in [-0.4, -0.2) is 70.8 Å². The van der Waals surface area contributed by atoms with Gasteiger partial charge in [-0.15, -0.1) is 0 Å². The zero-order chi connectivity index (χ0) is 24.4. The number of morpholine rings is 1. The Morgan fingerprint density at radius 2 is 1.60 bits per heavy atom. The van der Waals surface area contributed by atoms with Crippen LogP contribution >= 0.6 is 0 Å². The van der Waals surface area contributed by atoms with Gasteiger partial charge < -0.3 is 14.5 Å². The first kappa shape index (κ1) is 23.3. The maximum Gasteiger partial charge on any atom is 0.257 e. The van der Waals surface area contributed by atoms with Gasteiger partial charge in [0, 0.05) is 43.9 Å². The fourth-order valence-electron chi connectivity index (χ4n) is 4.89. The van der Waals surface area contributed by atoms with Gasteiger partial charge in [-0.25, -0.2) is 4.68 Å². The number of nitrogens with zero attached hydrogens (tertiary/aromatic N) is 4. The monoisotopic (exact) mass is 472 g/mol. The van der Waals surface area contributed by atoms with E-state index < -0.39 is 0 Å². The van der Waals surface area contributed by atoms with Gasteiger partial charge in [0.05, 0.1) is 24.5 Å². The molecule has 0 radical (unpaired) electrons. The second-order valence-corrected chi connectivity index (χ2v) is 9.47. The number of ether oxygens (including phenoxy) is 1. The number of hydrogen-bond donors (Lipinski definition) is 0. The summed E-state index contributed by atoms with van der Waals surface area (Å²) in [5, 5.41) is 4.84. The van der Waals surface area contributed by atoms with Gasteiger partial charge >= 0.3 is 0 Å². The second kappa shape index (κ2) is 10.0. The van der Waals surface area contributed by atoms with E-state index in [4.69, 9.17) is 9.84 Å². The predicted molar refractivity (Wildman–Crippen MR) is 135 cm³/mol. The van der Waals surface area contributed by atoms with Crippen molar-refractivity contribution in [3.63, 3.8) is 0 Å². The van der Waals surface area contributed by atoms with Crippen LogP contribution in [0.4, 0.5) is 0 Å². The summed E-state index contributed by atoms with van der Waals surface area (Å²) in [7, 11) is 0. The molecule has 0 spiro atoms. The average molecular weight is 473 g/mol. The first-order valence-electron chi connectivity index (χ1n) is 12.4. The SMILES string of the molecule is Cc1ccc(-c2nn(-c3ccccc3)cc2C(=O)N2CCC(C(=O)N3CCOCC3)CC2)cc1C. The standard InChI is InChI=1S/C28H32N4O3/c1-20-8-9-23(18-21(20)2)26-25(19-32(29-26)24-6-4-3-5-7-24)28(34)30-12-10-22(11-13-30)27(33)31-14-16-35-17-15-31/h3-9,18-19,22H,10-17H2,1-2H3. The van der Waals surface area contributed by atoms with Gasteiger partial charge in [-0.3, -0.25) is 9.59 Å². The number of para-hydroxylation sites is 1. The number of carbonyl (C=O) groups is 2. The average Bonchev–Trinajstić information content (AvgIpc) is 3.36. The lowest BCUT2D eigenvalue weighted by atomic mass is 9.94. The van der Waals surface area contributed by atoms with Crippen molar-refractivity contribution in [3.8, 4) is 16.9 Å². The van der Waals surface area contributed by atoms with Crippen molar-refractivity contribution in [2.75, 3.05) is 39.4 Å². The number of rotatable bonds is 4. The molecular weight excluding hydrogens is 440 g/mol. The van der Waals surface area contributed by atoms with E-state index in [2.05, 4.69) is 26.0 Å². The molecule has 1 aromatic heterocycles. The summed E-state index contributed by atoms with van der Waals surface area (Å²) >= 11 is 0. The third kappa shape index (κ3) is 4.86. The lowest BCUT2D eigenvalue weighted by Crippen LogP contribution is -2.47. The molecule has 7 heteroatoms. The van der Waals surface area contributed by atoms with Crippen molar-refractivity contribution < 1.29 is 14.3 Å². The van der Waals surface area contributed by atoms with E-state index in [1.54, 1.807) is 4.68 Å². The van der Waals surface area contributed by atoms with Crippen LogP contribution < -0.4 is 0 Å². The minimum absolute atomic E-state index is 0.0246. The molecule has 2 aliphatic heterocycles. The molecule has 2 aliphatic rings. The molecule has 182 valence electrons. The molecule has 5 rings (SSSR count). The number of likely N-dealkylation sites (tertiary alicyclic amines) is 1. The maximum absolute atomic E-state index is 13.7. The molecule has 2 amide bonds. The fourth-order valence-corrected chi connectivity index (χ4v) is 4.89. The van der Waals surface area contributed by atoms with Crippen molar-refractivity contribution in [1.29, 1.82) is 0 Å².